The number of Topliss-reactive ketones (excluding diaryl/α,β-unsaturated/α-hetero) is 1. The Balaban J connectivity index is 1.55. The number of carbonyl (C=O) groups excluding carboxylic acids is 4. The molecule has 12 atom stereocenters. The van der Waals surface area contributed by atoms with Crippen LogP contribution in [0.1, 0.15) is 72.3 Å². The number of carbonyl (C=O) groups is 4. The van der Waals surface area contributed by atoms with Crippen molar-refractivity contribution in [2.24, 2.45) is 33.5 Å². The van der Waals surface area contributed by atoms with Gasteiger partial charge in [-0.15, -0.1) is 0 Å². The highest BCUT2D eigenvalue weighted by atomic mass is 16.7. The Hall–Kier alpha value is -3.02. The Bertz CT molecular complexity index is 1380. The second-order valence-corrected chi connectivity index (χ2v) is 13.7. The van der Waals surface area contributed by atoms with E-state index in [4.69, 9.17) is 23.4 Å². The summed E-state index contributed by atoms with van der Waals surface area (Å²) >= 11 is 0. The largest absolute Gasteiger partial charge is 0.472 e. The third kappa shape index (κ3) is 3.77. The SMILES string of the molecule is CC(=O)OC1C(=O)C2C(C)(C3=CCC(c4ccoc4)C31C)C(O)CC1C3(C)C(OC(C)=O)CC(O)C21COC3OC(C)=O. The number of aliphatic hydroxyl groups is 2. The lowest BCUT2D eigenvalue weighted by molar-refractivity contribution is -0.364. The van der Waals surface area contributed by atoms with Gasteiger partial charge in [0.15, 0.2) is 11.9 Å². The number of ether oxygens (including phenoxy) is 4. The molecule has 1 saturated heterocycles. The van der Waals surface area contributed by atoms with Crippen LogP contribution < -0.4 is 0 Å². The maximum absolute atomic E-state index is 15.1. The van der Waals surface area contributed by atoms with Crippen LogP contribution in [0.3, 0.4) is 0 Å². The average Bonchev–Trinajstić information content (AvgIpc) is 3.56. The maximum Gasteiger partial charge on any atom is 0.304 e. The summed E-state index contributed by atoms with van der Waals surface area (Å²) in [5.74, 6) is -4.18. The topological polar surface area (TPSA) is 159 Å². The van der Waals surface area contributed by atoms with Crippen molar-refractivity contribution in [3.8, 4) is 0 Å². The summed E-state index contributed by atoms with van der Waals surface area (Å²) in [6.45, 7) is 9.14. The normalized spacial score (nSPS) is 46.5. The highest BCUT2D eigenvalue weighted by Crippen LogP contribution is 2.75. The number of aliphatic hydroxyl groups excluding tert-OH is 2. The van der Waals surface area contributed by atoms with Gasteiger partial charge in [-0.05, 0) is 37.3 Å². The molecule has 5 aliphatic rings. The van der Waals surface area contributed by atoms with E-state index in [1.165, 1.54) is 20.8 Å². The molecular weight excluding hydrogens is 560 g/mol. The van der Waals surface area contributed by atoms with Crippen molar-refractivity contribution in [2.75, 3.05) is 6.61 Å². The Morgan fingerprint density at radius 1 is 0.930 bits per heavy atom. The lowest BCUT2D eigenvalue weighted by Crippen LogP contribution is -2.79. The maximum atomic E-state index is 15.1. The van der Waals surface area contributed by atoms with Crippen LogP contribution in [0.2, 0.25) is 0 Å². The predicted octanol–water partition coefficient (Wildman–Crippen LogP) is 2.83. The fraction of sp³-hybridized carbons (Fsp3) is 0.688. The van der Waals surface area contributed by atoms with Crippen LogP contribution in [0, 0.1) is 33.5 Å². The van der Waals surface area contributed by atoms with Gasteiger partial charge in [-0.25, -0.2) is 0 Å². The van der Waals surface area contributed by atoms with E-state index in [0.717, 1.165) is 11.1 Å². The summed E-state index contributed by atoms with van der Waals surface area (Å²) in [6, 6.07) is 1.83. The predicted molar refractivity (Wildman–Crippen MR) is 147 cm³/mol. The summed E-state index contributed by atoms with van der Waals surface area (Å²) in [6.07, 6.45) is 0.272. The van der Waals surface area contributed by atoms with Gasteiger partial charge in [-0.3, -0.25) is 19.2 Å². The quantitative estimate of drug-likeness (QED) is 0.297. The van der Waals surface area contributed by atoms with Crippen LogP contribution in [0.25, 0.3) is 0 Å². The van der Waals surface area contributed by atoms with Gasteiger partial charge in [0, 0.05) is 55.3 Å². The van der Waals surface area contributed by atoms with E-state index in [2.05, 4.69) is 0 Å². The van der Waals surface area contributed by atoms with Crippen molar-refractivity contribution < 1.29 is 52.8 Å². The summed E-state index contributed by atoms with van der Waals surface area (Å²) in [5, 5.41) is 24.3. The van der Waals surface area contributed by atoms with Gasteiger partial charge in [0.25, 0.3) is 0 Å². The van der Waals surface area contributed by atoms with E-state index in [0.29, 0.717) is 6.42 Å². The first-order valence-electron chi connectivity index (χ1n) is 14.9. The molecule has 3 saturated carbocycles. The summed E-state index contributed by atoms with van der Waals surface area (Å²) < 4.78 is 28.9. The van der Waals surface area contributed by atoms with Gasteiger partial charge in [-0.1, -0.05) is 25.5 Å². The van der Waals surface area contributed by atoms with Crippen LogP contribution in [0.15, 0.2) is 34.7 Å². The number of allylic oxidation sites excluding steroid dienone is 1. The molecule has 4 aliphatic carbocycles. The molecule has 0 amide bonds. The van der Waals surface area contributed by atoms with Crippen LogP contribution in [-0.4, -0.2) is 71.2 Å². The van der Waals surface area contributed by atoms with Gasteiger partial charge in [0.2, 0.25) is 6.29 Å². The molecule has 0 spiro atoms. The zero-order chi connectivity index (χ0) is 31.3. The van der Waals surface area contributed by atoms with Crippen molar-refractivity contribution in [2.45, 2.75) is 97.4 Å². The molecule has 11 heteroatoms. The van der Waals surface area contributed by atoms with Crippen molar-refractivity contribution >= 4 is 23.7 Å². The van der Waals surface area contributed by atoms with Gasteiger partial charge < -0.3 is 33.6 Å². The highest BCUT2D eigenvalue weighted by molar-refractivity contribution is 5.93. The molecule has 43 heavy (non-hydrogen) atoms. The lowest BCUT2D eigenvalue weighted by atomic mass is 9.34. The van der Waals surface area contributed by atoms with Crippen LogP contribution in [0.5, 0.6) is 0 Å². The number of ketones is 1. The first-order valence-corrected chi connectivity index (χ1v) is 14.9. The summed E-state index contributed by atoms with van der Waals surface area (Å²) in [7, 11) is 0. The van der Waals surface area contributed by atoms with E-state index in [9.17, 15) is 24.6 Å². The number of esters is 3. The van der Waals surface area contributed by atoms with E-state index >= 15 is 4.79 Å². The van der Waals surface area contributed by atoms with E-state index < -0.39 is 87.9 Å². The van der Waals surface area contributed by atoms with Gasteiger partial charge in [-0.2, -0.15) is 0 Å². The van der Waals surface area contributed by atoms with Crippen molar-refractivity contribution in [1.82, 2.24) is 0 Å². The van der Waals surface area contributed by atoms with Gasteiger partial charge in [0.1, 0.15) is 6.10 Å². The first kappa shape index (κ1) is 30.0. The minimum Gasteiger partial charge on any atom is -0.472 e. The lowest BCUT2D eigenvalue weighted by Gasteiger charge is -2.72. The molecule has 2 N–H and O–H groups in total. The number of furan rings is 1. The number of hydrogen-bond acceptors (Lipinski definition) is 11. The van der Waals surface area contributed by atoms with Crippen LogP contribution >= 0.6 is 0 Å². The van der Waals surface area contributed by atoms with E-state index in [1.807, 2.05) is 26.0 Å². The molecule has 234 valence electrons. The molecule has 2 bridgehead atoms. The third-order valence-corrected chi connectivity index (χ3v) is 11.8. The molecule has 11 nitrogen and oxygen atoms in total. The molecule has 1 aromatic rings. The molecule has 2 heterocycles. The molecule has 1 aliphatic heterocycles. The third-order valence-electron chi connectivity index (χ3n) is 11.8. The fourth-order valence-corrected chi connectivity index (χ4v) is 10.1. The minimum atomic E-state index is -1.28. The van der Waals surface area contributed by atoms with E-state index in [1.54, 1.807) is 19.5 Å². The zero-order valence-electron chi connectivity index (χ0n) is 25.3. The van der Waals surface area contributed by atoms with Crippen molar-refractivity contribution in [3.05, 3.63) is 35.8 Å². The Kier molecular flexibility index (Phi) is 6.80. The fourth-order valence-electron chi connectivity index (χ4n) is 10.1. The standard InChI is InChI=1S/C32H40O11/c1-15(33)41-24-12-23(37)32-14-40-28(43-17(3)35)31(24,6)21(32)11-22(36)30(5)20-8-7-19(18-9-10-39-13-18)29(20,4)27(42-16(2)34)25(38)26(30)32/h8-10,13,19,21-24,26-28,36-37H,7,11-12,14H2,1-6H3. The average molecular weight is 601 g/mol. The van der Waals surface area contributed by atoms with Crippen LogP contribution in [-0.2, 0) is 38.1 Å². The summed E-state index contributed by atoms with van der Waals surface area (Å²) in [4.78, 5) is 52.0. The minimum absolute atomic E-state index is 0.0319. The Labute approximate surface area is 249 Å². The van der Waals surface area contributed by atoms with Gasteiger partial charge >= 0.3 is 17.9 Å². The smallest absolute Gasteiger partial charge is 0.304 e. The number of fused-ring (bicyclic) bond motifs is 3. The van der Waals surface area contributed by atoms with Crippen molar-refractivity contribution in [3.63, 3.8) is 0 Å². The Morgan fingerprint density at radius 2 is 1.60 bits per heavy atom. The monoisotopic (exact) mass is 600 g/mol. The Morgan fingerprint density at radius 3 is 2.21 bits per heavy atom. The molecule has 6 rings (SSSR count). The molecule has 4 fully saturated rings. The number of hydrogen-bond donors (Lipinski definition) is 2. The molecule has 0 radical (unpaired) electrons. The second-order valence-electron chi connectivity index (χ2n) is 13.7. The van der Waals surface area contributed by atoms with Crippen LogP contribution in [0.4, 0.5) is 0 Å². The molecule has 12 unspecified atom stereocenters. The second kappa shape index (κ2) is 9.74. The van der Waals surface area contributed by atoms with Gasteiger partial charge in [0.05, 0.1) is 36.8 Å². The molecule has 0 aromatic carbocycles. The molecule has 1 aromatic heterocycles. The van der Waals surface area contributed by atoms with Crippen molar-refractivity contribution in [1.29, 1.82) is 0 Å². The first-order chi connectivity index (χ1) is 20.1. The highest BCUT2D eigenvalue weighted by Gasteiger charge is 2.80. The number of rotatable bonds is 4. The summed E-state index contributed by atoms with van der Waals surface area (Å²) in [5.41, 5.74) is -3.01. The molecular formula is C32H40O11. The zero-order valence-corrected chi connectivity index (χ0v) is 25.3. The van der Waals surface area contributed by atoms with E-state index in [-0.39, 0.29) is 25.4 Å².